The highest BCUT2D eigenvalue weighted by Gasteiger charge is 2.36. The van der Waals surface area contributed by atoms with Crippen LogP contribution in [0.1, 0.15) is 23.2 Å². The standard InChI is InChI=1S/C10H11NO5S/c12-6-1-4-9(8(5-6)10(13)14)11-17(15,16)7-2-3-7/h1,4-5,7,11-12H,2-3H2,(H,13,14). The van der Waals surface area contributed by atoms with Crippen molar-refractivity contribution in [1.29, 1.82) is 0 Å². The Morgan fingerprint density at radius 3 is 2.53 bits per heavy atom. The van der Waals surface area contributed by atoms with Crippen LogP contribution in [0.15, 0.2) is 18.2 Å². The summed E-state index contributed by atoms with van der Waals surface area (Å²) in [6.07, 6.45) is 1.19. The number of carboxylic acid groups (broad SMARTS) is 1. The van der Waals surface area contributed by atoms with Gasteiger partial charge >= 0.3 is 5.97 Å². The minimum absolute atomic E-state index is 0.0257. The zero-order valence-electron chi connectivity index (χ0n) is 8.75. The van der Waals surface area contributed by atoms with Crippen molar-refractivity contribution in [2.45, 2.75) is 18.1 Å². The number of hydrogen-bond donors (Lipinski definition) is 3. The number of rotatable bonds is 4. The number of aromatic carboxylic acids is 1. The molecule has 92 valence electrons. The van der Waals surface area contributed by atoms with Gasteiger partial charge in [0.05, 0.1) is 16.5 Å². The van der Waals surface area contributed by atoms with Crippen molar-refractivity contribution in [1.82, 2.24) is 0 Å². The average Bonchev–Trinajstić information content (AvgIpc) is 3.03. The van der Waals surface area contributed by atoms with Crippen LogP contribution in [0.4, 0.5) is 5.69 Å². The summed E-state index contributed by atoms with van der Waals surface area (Å²) >= 11 is 0. The molecular formula is C10H11NO5S. The van der Waals surface area contributed by atoms with Crippen molar-refractivity contribution in [3.05, 3.63) is 23.8 Å². The molecular weight excluding hydrogens is 246 g/mol. The van der Waals surface area contributed by atoms with E-state index in [-0.39, 0.29) is 17.0 Å². The van der Waals surface area contributed by atoms with E-state index in [1.807, 2.05) is 0 Å². The third-order valence-electron chi connectivity index (χ3n) is 2.45. The van der Waals surface area contributed by atoms with Gasteiger partial charge in [-0.1, -0.05) is 0 Å². The fourth-order valence-electron chi connectivity index (χ4n) is 1.41. The highest BCUT2D eigenvalue weighted by atomic mass is 32.2. The summed E-state index contributed by atoms with van der Waals surface area (Å²) in [7, 11) is -3.50. The van der Waals surface area contributed by atoms with Gasteiger partial charge in [0, 0.05) is 0 Å². The van der Waals surface area contributed by atoms with Crippen LogP contribution < -0.4 is 4.72 Å². The molecule has 0 heterocycles. The minimum Gasteiger partial charge on any atom is -0.508 e. The smallest absolute Gasteiger partial charge is 0.337 e. The summed E-state index contributed by atoms with van der Waals surface area (Å²) in [5.74, 6) is -1.52. The van der Waals surface area contributed by atoms with E-state index in [1.165, 1.54) is 12.1 Å². The van der Waals surface area contributed by atoms with Crippen molar-refractivity contribution >= 4 is 21.7 Å². The number of phenolic OH excluding ortho intramolecular Hbond substituents is 1. The van der Waals surface area contributed by atoms with Crippen LogP contribution in [0.2, 0.25) is 0 Å². The minimum atomic E-state index is -3.50. The number of phenols is 1. The Morgan fingerprint density at radius 2 is 2.00 bits per heavy atom. The molecule has 7 heteroatoms. The summed E-state index contributed by atoms with van der Waals surface area (Å²) in [5.41, 5.74) is -0.295. The first-order valence-electron chi connectivity index (χ1n) is 4.98. The lowest BCUT2D eigenvalue weighted by Crippen LogP contribution is -2.19. The maximum Gasteiger partial charge on any atom is 0.337 e. The zero-order chi connectivity index (χ0) is 12.6. The highest BCUT2D eigenvalue weighted by Crippen LogP contribution is 2.31. The molecule has 1 fully saturated rings. The summed E-state index contributed by atoms with van der Waals surface area (Å²) < 4.78 is 25.5. The third-order valence-corrected chi connectivity index (χ3v) is 4.30. The monoisotopic (exact) mass is 257 g/mol. The lowest BCUT2D eigenvalue weighted by Gasteiger charge is -2.09. The molecule has 0 saturated heterocycles. The number of aromatic hydroxyl groups is 1. The fourth-order valence-corrected chi connectivity index (χ4v) is 2.82. The molecule has 1 aliphatic carbocycles. The van der Waals surface area contributed by atoms with Crippen molar-refractivity contribution in [3.63, 3.8) is 0 Å². The molecule has 6 nitrogen and oxygen atoms in total. The number of nitrogens with one attached hydrogen (secondary N) is 1. The molecule has 0 aromatic heterocycles. The second-order valence-corrected chi connectivity index (χ2v) is 5.84. The first-order chi connectivity index (χ1) is 7.90. The SMILES string of the molecule is O=C(O)c1cc(O)ccc1NS(=O)(=O)C1CC1. The molecule has 0 unspecified atom stereocenters. The van der Waals surface area contributed by atoms with Gasteiger partial charge in [0.1, 0.15) is 5.75 Å². The Balaban J connectivity index is 2.35. The molecule has 0 atom stereocenters. The Kier molecular flexibility index (Phi) is 2.70. The van der Waals surface area contributed by atoms with Crippen LogP contribution in [0, 0.1) is 0 Å². The lowest BCUT2D eigenvalue weighted by atomic mass is 10.2. The van der Waals surface area contributed by atoms with Gasteiger partial charge in [-0.05, 0) is 31.0 Å². The van der Waals surface area contributed by atoms with Crippen LogP contribution in [-0.2, 0) is 10.0 Å². The molecule has 1 aromatic carbocycles. The van der Waals surface area contributed by atoms with Crippen LogP contribution in [0.5, 0.6) is 5.75 Å². The molecule has 0 amide bonds. The van der Waals surface area contributed by atoms with Gasteiger partial charge in [-0.15, -0.1) is 0 Å². The molecule has 2 rings (SSSR count). The Labute approximate surface area is 97.9 Å². The molecule has 0 spiro atoms. The number of hydrogen-bond acceptors (Lipinski definition) is 4. The normalized spacial score (nSPS) is 15.5. The summed E-state index contributed by atoms with van der Waals surface area (Å²) in [5, 5.41) is 17.6. The molecule has 1 aromatic rings. The van der Waals surface area contributed by atoms with E-state index in [1.54, 1.807) is 0 Å². The molecule has 1 saturated carbocycles. The molecule has 3 N–H and O–H groups in total. The summed E-state index contributed by atoms with van der Waals surface area (Å²) in [6, 6.07) is 3.48. The van der Waals surface area contributed by atoms with E-state index < -0.39 is 21.2 Å². The summed E-state index contributed by atoms with van der Waals surface area (Å²) in [4.78, 5) is 10.9. The Morgan fingerprint density at radius 1 is 1.35 bits per heavy atom. The van der Waals surface area contributed by atoms with Crippen molar-refractivity contribution in [2.75, 3.05) is 4.72 Å². The van der Waals surface area contributed by atoms with Gasteiger partial charge < -0.3 is 10.2 Å². The average molecular weight is 257 g/mol. The van der Waals surface area contributed by atoms with E-state index in [4.69, 9.17) is 10.2 Å². The van der Waals surface area contributed by atoms with Crippen LogP contribution in [0.3, 0.4) is 0 Å². The molecule has 0 aliphatic heterocycles. The predicted molar refractivity (Wildman–Crippen MR) is 60.6 cm³/mol. The summed E-state index contributed by atoms with van der Waals surface area (Å²) in [6.45, 7) is 0. The van der Waals surface area contributed by atoms with Gasteiger partial charge in [0.2, 0.25) is 10.0 Å². The fraction of sp³-hybridized carbons (Fsp3) is 0.300. The third kappa shape index (κ3) is 2.50. The van der Waals surface area contributed by atoms with E-state index in [2.05, 4.69) is 4.72 Å². The maximum atomic E-state index is 11.7. The number of sulfonamides is 1. The van der Waals surface area contributed by atoms with E-state index in [9.17, 15) is 13.2 Å². The van der Waals surface area contributed by atoms with Gasteiger partial charge in [-0.3, -0.25) is 4.72 Å². The number of carbonyl (C=O) groups is 1. The second kappa shape index (κ2) is 3.92. The zero-order valence-corrected chi connectivity index (χ0v) is 9.57. The first kappa shape index (κ1) is 11.7. The Hall–Kier alpha value is -1.76. The maximum absolute atomic E-state index is 11.7. The van der Waals surface area contributed by atoms with E-state index >= 15 is 0 Å². The second-order valence-electron chi connectivity index (χ2n) is 3.88. The van der Waals surface area contributed by atoms with Gasteiger partial charge in [-0.2, -0.15) is 0 Å². The molecule has 0 bridgehead atoms. The molecule has 1 aliphatic rings. The number of carboxylic acids is 1. The van der Waals surface area contributed by atoms with Crippen molar-refractivity contribution in [2.24, 2.45) is 0 Å². The van der Waals surface area contributed by atoms with Gasteiger partial charge in [0.15, 0.2) is 0 Å². The largest absolute Gasteiger partial charge is 0.508 e. The van der Waals surface area contributed by atoms with Crippen LogP contribution in [-0.4, -0.2) is 29.9 Å². The first-order valence-corrected chi connectivity index (χ1v) is 6.53. The predicted octanol–water partition coefficient (Wildman–Crippen LogP) is 0.994. The van der Waals surface area contributed by atoms with Gasteiger partial charge in [-0.25, -0.2) is 13.2 Å². The Bertz CT molecular complexity index is 562. The quantitative estimate of drug-likeness (QED) is 0.698. The highest BCUT2D eigenvalue weighted by molar-refractivity contribution is 7.93. The topological polar surface area (TPSA) is 104 Å². The van der Waals surface area contributed by atoms with E-state index in [0.29, 0.717) is 12.8 Å². The van der Waals surface area contributed by atoms with Crippen molar-refractivity contribution < 1.29 is 23.4 Å². The van der Waals surface area contributed by atoms with Crippen LogP contribution in [0.25, 0.3) is 0 Å². The van der Waals surface area contributed by atoms with Crippen LogP contribution >= 0.6 is 0 Å². The molecule has 17 heavy (non-hydrogen) atoms. The van der Waals surface area contributed by atoms with Crippen molar-refractivity contribution in [3.8, 4) is 5.75 Å². The van der Waals surface area contributed by atoms with Gasteiger partial charge in [0.25, 0.3) is 0 Å². The number of anilines is 1. The lowest BCUT2D eigenvalue weighted by molar-refractivity contribution is 0.0697. The molecule has 0 radical (unpaired) electrons. The van der Waals surface area contributed by atoms with E-state index in [0.717, 1.165) is 6.07 Å². The number of benzene rings is 1.